The molecular formula is C30H33FN6O3S. The molecule has 0 atom stereocenters. The number of hydrogen-bond donors (Lipinski definition) is 0. The minimum Gasteiger partial charge on any atom is -0.457 e. The first-order valence-electron chi connectivity index (χ1n) is 13.7. The molecule has 0 bridgehead atoms. The number of rotatable bonds is 6. The molecule has 11 heteroatoms. The molecule has 41 heavy (non-hydrogen) atoms. The summed E-state index contributed by atoms with van der Waals surface area (Å²) in [7, 11) is 0. The highest BCUT2D eigenvalue weighted by Crippen LogP contribution is 2.41. The van der Waals surface area contributed by atoms with Gasteiger partial charge in [-0.15, -0.1) is 0 Å². The topological polar surface area (TPSA) is 98.7 Å². The number of nitrogens with zero attached hydrogens (tertiary/aromatic N) is 6. The highest BCUT2D eigenvalue weighted by Gasteiger charge is 2.28. The molecule has 5 rings (SSSR count). The maximum absolute atomic E-state index is 13.5. The van der Waals surface area contributed by atoms with Crippen LogP contribution in [0.3, 0.4) is 0 Å². The minimum absolute atomic E-state index is 0.302. The van der Waals surface area contributed by atoms with Crippen molar-refractivity contribution in [2.24, 2.45) is 0 Å². The SMILES string of the molecule is CCc1oc2ccc(N3CCN(C(=O)OC(C)(C)C)CC3)nc2c1N(CC)c1nc(-c2ccc(F)cc2)c(C#N)s1. The minimum atomic E-state index is -0.536. The zero-order valence-corrected chi connectivity index (χ0v) is 24.7. The van der Waals surface area contributed by atoms with Crippen molar-refractivity contribution in [3.63, 3.8) is 0 Å². The van der Waals surface area contributed by atoms with Gasteiger partial charge in [0.15, 0.2) is 10.7 Å². The molecule has 4 heterocycles. The fraction of sp³-hybridized carbons (Fsp3) is 0.400. The lowest BCUT2D eigenvalue weighted by atomic mass is 10.1. The van der Waals surface area contributed by atoms with Gasteiger partial charge in [-0.2, -0.15) is 5.26 Å². The van der Waals surface area contributed by atoms with E-state index in [2.05, 4.69) is 11.0 Å². The van der Waals surface area contributed by atoms with Crippen LogP contribution in [-0.4, -0.2) is 59.3 Å². The van der Waals surface area contributed by atoms with E-state index in [1.165, 1.54) is 23.5 Å². The maximum atomic E-state index is 13.5. The molecule has 9 nitrogen and oxygen atoms in total. The van der Waals surface area contributed by atoms with Crippen molar-refractivity contribution in [2.45, 2.75) is 46.6 Å². The maximum Gasteiger partial charge on any atom is 0.410 e. The van der Waals surface area contributed by atoms with Gasteiger partial charge in [-0.25, -0.2) is 19.2 Å². The first-order chi connectivity index (χ1) is 19.6. The monoisotopic (exact) mass is 576 g/mol. The number of halogens is 1. The Balaban J connectivity index is 1.46. The molecule has 1 saturated heterocycles. The number of piperazine rings is 1. The van der Waals surface area contributed by atoms with Crippen molar-refractivity contribution in [3.8, 4) is 17.3 Å². The van der Waals surface area contributed by atoms with E-state index in [-0.39, 0.29) is 11.9 Å². The lowest BCUT2D eigenvalue weighted by molar-refractivity contribution is 0.0240. The van der Waals surface area contributed by atoms with Crippen LogP contribution in [0.5, 0.6) is 0 Å². The summed E-state index contributed by atoms with van der Waals surface area (Å²) in [5, 5.41) is 10.5. The molecule has 1 fully saturated rings. The second-order valence-corrected chi connectivity index (χ2v) is 11.7. The van der Waals surface area contributed by atoms with Gasteiger partial charge in [0.2, 0.25) is 0 Å². The fourth-order valence-corrected chi connectivity index (χ4v) is 5.79. The van der Waals surface area contributed by atoms with Gasteiger partial charge in [0.05, 0.1) is 0 Å². The van der Waals surface area contributed by atoms with E-state index in [1.807, 2.05) is 51.7 Å². The van der Waals surface area contributed by atoms with E-state index in [4.69, 9.17) is 19.1 Å². The van der Waals surface area contributed by atoms with E-state index in [0.29, 0.717) is 71.5 Å². The number of carbonyl (C=O) groups is 1. The lowest BCUT2D eigenvalue weighted by Gasteiger charge is -2.36. The van der Waals surface area contributed by atoms with Crippen LogP contribution < -0.4 is 9.80 Å². The first kappa shape index (κ1) is 28.4. The van der Waals surface area contributed by atoms with E-state index in [0.717, 1.165) is 17.3 Å². The third-order valence-corrected chi connectivity index (χ3v) is 7.78. The van der Waals surface area contributed by atoms with Crippen LogP contribution in [-0.2, 0) is 11.2 Å². The van der Waals surface area contributed by atoms with Crippen LogP contribution in [0.15, 0.2) is 40.8 Å². The number of aryl methyl sites for hydroxylation is 1. The Morgan fingerprint density at radius 2 is 1.83 bits per heavy atom. The molecule has 0 saturated carbocycles. The number of thiazole rings is 1. The van der Waals surface area contributed by atoms with Gasteiger partial charge in [0.25, 0.3) is 0 Å². The predicted molar refractivity (Wildman–Crippen MR) is 158 cm³/mol. The summed E-state index contributed by atoms with van der Waals surface area (Å²) in [4.78, 5) is 28.7. The van der Waals surface area contributed by atoms with Crippen LogP contribution in [0.2, 0.25) is 0 Å². The zero-order chi connectivity index (χ0) is 29.3. The van der Waals surface area contributed by atoms with Crippen molar-refractivity contribution in [3.05, 3.63) is 52.9 Å². The van der Waals surface area contributed by atoms with Crippen molar-refractivity contribution in [1.29, 1.82) is 5.26 Å². The van der Waals surface area contributed by atoms with E-state index in [9.17, 15) is 14.4 Å². The number of amides is 1. The zero-order valence-electron chi connectivity index (χ0n) is 23.9. The number of benzene rings is 1. The Hall–Kier alpha value is -4.17. The summed E-state index contributed by atoms with van der Waals surface area (Å²) >= 11 is 1.29. The Labute approximate surface area is 242 Å². The molecule has 0 aliphatic carbocycles. The van der Waals surface area contributed by atoms with E-state index < -0.39 is 5.60 Å². The average Bonchev–Trinajstić information content (AvgIpc) is 3.55. The first-order valence-corrected chi connectivity index (χ1v) is 14.5. The largest absolute Gasteiger partial charge is 0.457 e. The summed E-state index contributed by atoms with van der Waals surface area (Å²) in [6.45, 7) is 12.5. The Morgan fingerprint density at radius 1 is 1.12 bits per heavy atom. The van der Waals surface area contributed by atoms with Gasteiger partial charge >= 0.3 is 6.09 Å². The highest BCUT2D eigenvalue weighted by molar-refractivity contribution is 7.16. The molecule has 0 unspecified atom stereocenters. The van der Waals surface area contributed by atoms with Gasteiger partial charge in [-0.05, 0) is 64.1 Å². The normalized spacial score (nSPS) is 13.9. The Bertz CT molecular complexity index is 1590. The van der Waals surface area contributed by atoms with Gasteiger partial charge < -0.3 is 23.9 Å². The van der Waals surface area contributed by atoms with Crippen molar-refractivity contribution < 1.29 is 18.3 Å². The number of fused-ring (bicyclic) bond motifs is 1. The summed E-state index contributed by atoms with van der Waals surface area (Å²) in [5.74, 6) is 1.23. The smallest absolute Gasteiger partial charge is 0.410 e. The third-order valence-electron chi connectivity index (χ3n) is 6.79. The number of hydrogen-bond acceptors (Lipinski definition) is 9. The third kappa shape index (κ3) is 5.84. The van der Waals surface area contributed by atoms with Gasteiger partial charge in [-0.3, -0.25) is 0 Å². The molecule has 0 spiro atoms. The summed E-state index contributed by atoms with van der Waals surface area (Å²) in [6.07, 6.45) is 0.344. The molecule has 0 N–H and O–H groups in total. The van der Waals surface area contributed by atoms with E-state index >= 15 is 0 Å². The molecule has 4 aromatic rings. The number of anilines is 3. The molecule has 3 aromatic heterocycles. The molecule has 0 radical (unpaired) electrons. The number of carbonyl (C=O) groups excluding carboxylic acids is 1. The van der Waals surface area contributed by atoms with Gasteiger partial charge in [-0.1, -0.05) is 18.3 Å². The number of ether oxygens (including phenoxy) is 1. The number of aromatic nitrogens is 2. The molecule has 214 valence electrons. The molecule has 1 aromatic carbocycles. The van der Waals surface area contributed by atoms with Gasteiger partial charge in [0, 0.05) is 44.7 Å². The van der Waals surface area contributed by atoms with Crippen LogP contribution in [0, 0.1) is 17.1 Å². The van der Waals surface area contributed by atoms with Crippen molar-refractivity contribution in [2.75, 3.05) is 42.5 Å². The van der Waals surface area contributed by atoms with Crippen LogP contribution >= 0.6 is 11.3 Å². The van der Waals surface area contributed by atoms with Gasteiger partial charge in [0.1, 0.15) is 50.8 Å². The summed E-state index contributed by atoms with van der Waals surface area (Å²) in [5.41, 5.74) is 2.87. The summed E-state index contributed by atoms with van der Waals surface area (Å²) < 4.78 is 25.3. The molecule has 1 aliphatic rings. The molecular weight excluding hydrogens is 543 g/mol. The number of nitriles is 1. The predicted octanol–water partition coefficient (Wildman–Crippen LogP) is 6.74. The molecule has 1 aliphatic heterocycles. The Kier molecular flexibility index (Phi) is 7.87. The standard InChI is InChI=1S/C30H33FN6O3S/c1-6-21-27(37(7-2)28-34-25(23(18-32)41-28)19-8-10-20(31)11-9-19)26-22(39-21)12-13-24(33-26)35-14-16-36(17-15-35)29(38)40-30(3,4)5/h8-13H,6-7,14-17H2,1-5H3. The Morgan fingerprint density at radius 3 is 2.44 bits per heavy atom. The highest BCUT2D eigenvalue weighted by atomic mass is 32.1. The second-order valence-electron chi connectivity index (χ2n) is 10.7. The quantitative estimate of drug-likeness (QED) is 0.249. The van der Waals surface area contributed by atoms with Crippen molar-refractivity contribution >= 4 is 45.2 Å². The lowest BCUT2D eigenvalue weighted by Crippen LogP contribution is -2.50. The second kappa shape index (κ2) is 11.4. The number of pyridine rings is 1. The average molecular weight is 577 g/mol. The van der Waals surface area contributed by atoms with Crippen LogP contribution in [0.25, 0.3) is 22.4 Å². The fourth-order valence-electron chi connectivity index (χ4n) is 4.83. The molecule has 1 amide bonds. The van der Waals surface area contributed by atoms with Crippen LogP contribution in [0.4, 0.5) is 25.8 Å². The summed E-state index contributed by atoms with van der Waals surface area (Å²) in [6, 6.07) is 12.1. The van der Waals surface area contributed by atoms with Crippen LogP contribution in [0.1, 0.15) is 45.3 Å². The number of furan rings is 1. The van der Waals surface area contributed by atoms with Crippen molar-refractivity contribution in [1.82, 2.24) is 14.9 Å². The van der Waals surface area contributed by atoms with E-state index in [1.54, 1.807) is 17.0 Å².